The molecule has 0 radical (unpaired) electrons. The van der Waals surface area contributed by atoms with Crippen LogP contribution in [-0.4, -0.2) is 69.7 Å². The summed E-state index contributed by atoms with van der Waals surface area (Å²) in [6.45, 7) is -0.282. The maximum atomic E-state index is 10.8. The highest BCUT2D eigenvalue weighted by atomic mass is 32.1. The van der Waals surface area contributed by atoms with Crippen molar-refractivity contribution in [2.75, 3.05) is 25.1 Å². The maximum absolute atomic E-state index is 10.8. The zero-order valence-corrected chi connectivity index (χ0v) is 19.5. The van der Waals surface area contributed by atoms with Gasteiger partial charge < -0.3 is 35.6 Å². The van der Waals surface area contributed by atoms with Crippen molar-refractivity contribution >= 4 is 17.0 Å². The normalized spacial score (nSPS) is 25.7. The molecule has 1 aromatic heterocycles. The Bertz CT molecular complexity index is 1030. The van der Waals surface area contributed by atoms with E-state index in [4.69, 9.17) is 4.74 Å². The molecule has 2 heterocycles. The van der Waals surface area contributed by atoms with Crippen molar-refractivity contribution in [3.8, 4) is 0 Å². The lowest BCUT2D eigenvalue weighted by Crippen LogP contribution is -2.55. The average molecular weight is 486 g/mol. The van der Waals surface area contributed by atoms with Gasteiger partial charge in [-0.25, -0.2) is 0 Å². The van der Waals surface area contributed by atoms with Crippen molar-refractivity contribution in [2.45, 2.75) is 42.9 Å². The van der Waals surface area contributed by atoms with Crippen LogP contribution in [0, 0.1) is 0 Å². The van der Waals surface area contributed by atoms with Crippen molar-refractivity contribution in [2.24, 2.45) is 0 Å². The van der Waals surface area contributed by atoms with Crippen LogP contribution in [0.5, 0.6) is 0 Å². The summed E-state index contributed by atoms with van der Waals surface area (Å²) in [4.78, 5) is 1.19. The molecule has 1 aliphatic heterocycles. The number of benzene rings is 2. The molecule has 1 saturated heterocycles. The molecule has 0 spiro atoms. The van der Waals surface area contributed by atoms with Crippen LogP contribution in [0.1, 0.15) is 33.6 Å². The maximum Gasteiger partial charge on any atom is 0.114 e. The summed E-state index contributed by atoms with van der Waals surface area (Å²) in [6.07, 6.45) is -5.49. The average Bonchev–Trinajstić information content (AvgIpc) is 3.40. The lowest BCUT2D eigenvalue weighted by atomic mass is 9.86. The van der Waals surface area contributed by atoms with E-state index < -0.39 is 37.1 Å². The molecule has 2 aromatic carbocycles. The number of aliphatic hydroxyl groups is 5. The van der Waals surface area contributed by atoms with E-state index in [0.29, 0.717) is 17.8 Å². The lowest BCUT2D eigenvalue weighted by molar-refractivity contribution is -0.231. The minimum atomic E-state index is -1.47. The molecule has 6 atom stereocenters. The van der Waals surface area contributed by atoms with Crippen LogP contribution in [0.3, 0.4) is 0 Å². The second-order valence-corrected chi connectivity index (χ2v) is 9.48. The van der Waals surface area contributed by atoms with E-state index in [-0.39, 0.29) is 12.5 Å². The topological polar surface area (TPSA) is 122 Å². The quantitative estimate of drug-likeness (QED) is 0.274. The van der Waals surface area contributed by atoms with Crippen molar-refractivity contribution in [1.29, 1.82) is 0 Å². The summed E-state index contributed by atoms with van der Waals surface area (Å²) >= 11 is 1.67. The van der Waals surface area contributed by atoms with Gasteiger partial charge in [0.05, 0.1) is 13.2 Å². The lowest BCUT2D eigenvalue weighted by Gasteiger charge is -2.41. The molecular weight excluding hydrogens is 454 g/mol. The summed E-state index contributed by atoms with van der Waals surface area (Å²) in [5.74, 6) is 0.0536. The summed E-state index contributed by atoms with van der Waals surface area (Å²) < 4.78 is 5.87. The number of thiophene rings is 1. The van der Waals surface area contributed by atoms with Gasteiger partial charge in [-0.05, 0) is 35.1 Å². The first-order valence-corrected chi connectivity index (χ1v) is 12.3. The summed E-state index contributed by atoms with van der Waals surface area (Å²) in [6, 6.07) is 20.2. The Morgan fingerprint density at radius 3 is 2.38 bits per heavy atom. The highest BCUT2D eigenvalue weighted by Crippen LogP contribution is 2.39. The van der Waals surface area contributed by atoms with Gasteiger partial charge >= 0.3 is 0 Å². The highest BCUT2D eigenvalue weighted by Gasteiger charge is 2.44. The molecule has 0 amide bonds. The molecule has 4 rings (SSSR count). The van der Waals surface area contributed by atoms with Gasteiger partial charge in [-0.3, -0.25) is 0 Å². The minimum Gasteiger partial charge on any atom is -0.395 e. The molecule has 0 aliphatic carbocycles. The monoisotopic (exact) mass is 485 g/mol. The number of anilines is 1. The summed E-state index contributed by atoms with van der Waals surface area (Å²) in [5, 5.41) is 55.5. The van der Waals surface area contributed by atoms with Gasteiger partial charge in [-0.1, -0.05) is 48.5 Å². The number of hydrogen-bond acceptors (Lipinski definition) is 8. The van der Waals surface area contributed by atoms with Crippen LogP contribution < -0.4 is 5.32 Å². The Hall–Kier alpha value is -2.30. The van der Waals surface area contributed by atoms with Crippen LogP contribution >= 0.6 is 11.3 Å². The van der Waals surface area contributed by atoms with Gasteiger partial charge in [0, 0.05) is 28.6 Å². The predicted molar refractivity (Wildman–Crippen MR) is 131 cm³/mol. The smallest absolute Gasteiger partial charge is 0.114 e. The number of rotatable bonds is 9. The standard InChI is InChI=1S/C26H31NO6S/c28-11-10-27-20-9-8-17(14-19(20)26-25(32)24(31)23(30)21(15-29)33-26)18(22-7-4-12-34-22)13-16-5-2-1-3-6-16/h1-9,12,14,18,21,23-32H,10-11,13,15H2/t18?,21-,23-,24+,25-,26+/m1/s1. The summed E-state index contributed by atoms with van der Waals surface area (Å²) in [5.41, 5.74) is 3.44. The van der Waals surface area contributed by atoms with E-state index in [0.717, 1.165) is 12.0 Å². The summed E-state index contributed by atoms with van der Waals surface area (Å²) in [7, 11) is 0. The second-order valence-electron chi connectivity index (χ2n) is 8.50. The Kier molecular flexibility index (Phi) is 8.33. The molecule has 6 N–H and O–H groups in total. The Morgan fingerprint density at radius 2 is 1.71 bits per heavy atom. The Morgan fingerprint density at radius 1 is 0.912 bits per heavy atom. The largest absolute Gasteiger partial charge is 0.395 e. The fraction of sp³-hybridized carbons (Fsp3) is 0.385. The van der Waals surface area contributed by atoms with Gasteiger partial charge in [0.15, 0.2) is 0 Å². The van der Waals surface area contributed by atoms with Crippen LogP contribution in [0.2, 0.25) is 0 Å². The van der Waals surface area contributed by atoms with Crippen LogP contribution in [0.15, 0.2) is 66.0 Å². The number of ether oxygens (including phenoxy) is 1. The number of hydrogen-bond donors (Lipinski definition) is 6. The fourth-order valence-electron chi connectivity index (χ4n) is 4.47. The molecule has 7 nitrogen and oxygen atoms in total. The van der Waals surface area contributed by atoms with Crippen molar-refractivity contribution in [3.63, 3.8) is 0 Å². The molecule has 1 unspecified atom stereocenters. The van der Waals surface area contributed by atoms with Gasteiger partial charge in [-0.2, -0.15) is 0 Å². The molecule has 1 aliphatic rings. The van der Waals surface area contributed by atoms with Crippen molar-refractivity contribution in [3.05, 3.63) is 87.6 Å². The molecule has 3 aromatic rings. The van der Waals surface area contributed by atoms with Crippen molar-refractivity contribution < 1.29 is 30.3 Å². The van der Waals surface area contributed by atoms with E-state index in [2.05, 4.69) is 23.5 Å². The molecular formula is C26H31NO6S. The fourth-order valence-corrected chi connectivity index (χ4v) is 5.32. The highest BCUT2D eigenvalue weighted by molar-refractivity contribution is 7.10. The molecule has 0 bridgehead atoms. The van der Waals surface area contributed by atoms with Crippen molar-refractivity contribution in [1.82, 2.24) is 0 Å². The van der Waals surface area contributed by atoms with Crippen LogP contribution in [0.4, 0.5) is 5.69 Å². The molecule has 34 heavy (non-hydrogen) atoms. The molecule has 0 saturated carbocycles. The van der Waals surface area contributed by atoms with E-state index in [1.54, 1.807) is 11.3 Å². The zero-order chi connectivity index (χ0) is 24.1. The van der Waals surface area contributed by atoms with E-state index in [9.17, 15) is 25.5 Å². The SMILES string of the molecule is OCCNc1ccc(C(Cc2ccccc2)c2cccs2)cc1[C@@H]1O[C@H](CO)[C@@H](O)[C@H](O)[C@H]1O. The van der Waals surface area contributed by atoms with Crippen LogP contribution in [-0.2, 0) is 11.2 Å². The van der Waals surface area contributed by atoms with E-state index in [1.165, 1.54) is 10.4 Å². The molecule has 1 fully saturated rings. The Balaban J connectivity index is 1.75. The number of nitrogens with one attached hydrogen (secondary N) is 1. The van der Waals surface area contributed by atoms with Gasteiger partial charge in [0.2, 0.25) is 0 Å². The molecule has 8 heteroatoms. The first-order valence-electron chi connectivity index (χ1n) is 11.4. The minimum absolute atomic E-state index is 0.0536. The van der Waals surface area contributed by atoms with Gasteiger partial charge in [-0.15, -0.1) is 11.3 Å². The van der Waals surface area contributed by atoms with Gasteiger partial charge in [0.25, 0.3) is 0 Å². The molecule has 182 valence electrons. The predicted octanol–water partition coefficient (Wildman–Crippen LogP) is 2.04. The first-order chi connectivity index (χ1) is 16.5. The third-order valence-corrected chi connectivity index (χ3v) is 7.26. The van der Waals surface area contributed by atoms with E-state index >= 15 is 0 Å². The third-order valence-electron chi connectivity index (χ3n) is 6.27. The number of aliphatic hydroxyl groups excluding tert-OH is 5. The third kappa shape index (κ3) is 5.34. The van der Waals surface area contributed by atoms with E-state index in [1.807, 2.05) is 47.8 Å². The second kappa shape index (κ2) is 11.4. The zero-order valence-electron chi connectivity index (χ0n) is 18.7. The van der Waals surface area contributed by atoms with Gasteiger partial charge in [0.1, 0.15) is 30.5 Å². The Labute approximate surface area is 202 Å². The van der Waals surface area contributed by atoms with Crippen LogP contribution in [0.25, 0.3) is 0 Å². The first kappa shape index (κ1) is 24.8.